The fourth-order valence-electron chi connectivity index (χ4n) is 1.00. The molecule has 2 N–H and O–H groups in total. The van der Waals surface area contributed by atoms with E-state index in [0.29, 0.717) is 6.42 Å². The van der Waals surface area contributed by atoms with Gasteiger partial charge in [-0.15, -0.1) is 0 Å². The van der Waals surface area contributed by atoms with Crippen molar-refractivity contribution in [1.29, 1.82) is 0 Å². The maximum Gasteiger partial charge on any atom is 0.322 e. The Morgan fingerprint density at radius 2 is 1.68 bits per heavy atom. The Morgan fingerprint density at radius 3 is 2.00 bits per heavy atom. The Morgan fingerprint density at radius 1 is 1.18 bits per heavy atom. The molecule has 0 fully saturated rings. The van der Waals surface area contributed by atoms with Gasteiger partial charge in [0.1, 0.15) is 12.4 Å². The lowest BCUT2D eigenvalue weighted by Gasteiger charge is -2.01. The molecule has 7 heteroatoms. The van der Waals surface area contributed by atoms with Crippen LogP contribution < -0.4 is 5.32 Å². The maximum atomic E-state index is 12.4. The van der Waals surface area contributed by atoms with Crippen LogP contribution in [-0.4, -0.2) is 36.6 Å². The summed E-state index contributed by atoms with van der Waals surface area (Å²) in [7, 11) is 1.38. The number of esters is 1. The van der Waals surface area contributed by atoms with Gasteiger partial charge in [-0.1, -0.05) is 20.8 Å². The fourth-order valence-corrected chi connectivity index (χ4v) is 1.00. The average molecular weight is 315 g/mol. The van der Waals surface area contributed by atoms with Gasteiger partial charge >= 0.3 is 11.9 Å². The standard InChI is InChI=1S/C9H8FNO3.C4H8O2.C2H6/c10-7-3-1-6(2-4-7)9(14)11-5-8(12)13;1-3-4(5)6-2;1-2/h1-4H,5H2,(H,11,14)(H,12,13);3H2,1-2H3;1-2H3. The predicted octanol–water partition coefficient (Wildman–Crippen LogP) is 2.24. The van der Waals surface area contributed by atoms with Crippen molar-refractivity contribution in [3.63, 3.8) is 0 Å². The number of carbonyl (C=O) groups is 3. The summed E-state index contributed by atoms with van der Waals surface area (Å²) in [5, 5.41) is 10.4. The Balaban J connectivity index is 0. The van der Waals surface area contributed by atoms with Gasteiger partial charge < -0.3 is 15.2 Å². The first-order valence-electron chi connectivity index (χ1n) is 6.73. The van der Waals surface area contributed by atoms with Gasteiger partial charge in [-0.2, -0.15) is 0 Å². The van der Waals surface area contributed by atoms with Gasteiger partial charge in [-0.05, 0) is 24.3 Å². The zero-order valence-electron chi connectivity index (χ0n) is 13.2. The number of halogens is 1. The summed E-state index contributed by atoms with van der Waals surface area (Å²) in [6, 6.07) is 4.84. The second kappa shape index (κ2) is 13.5. The molecule has 6 nitrogen and oxygen atoms in total. The summed E-state index contributed by atoms with van der Waals surface area (Å²) in [5.41, 5.74) is 0.229. The zero-order valence-corrected chi connectivity index (χ0v) is 13.2. The summed E-state index contributed by atoms with van der Waals surface area (Å²) in [6.07, 6.45) is 0.469. The lowest BCUT2D eigenvalue weighted by Crippen LogP contribution is -2.29. The number of hydrogen-bond donors (Lipinski definition) is 2. The van der Waals surface area contributed by atoms with Gasteiger partial charge in [0.2, 0.25) is 0 Å². The van der Waals surface area contributed by atoms with Gasteiger partial charge in [0.25, 0.3) is 5.91 Å². The van der Waals surface area contributed by atoms with E-state index in [4.69, 9.17) is 5.11 Å². The predicted molar refractivity (Wildman–Crippen MR) is 80.0 cm³/mol. The molecule has 22 heavy (non-hydrogen) atoms. The van der Waals surface area contributed by atoms with Crippen molar-refractivity contribution in [2.24, 2.45) is 0 Å². The Bertz CT molecular complexity index is 454. The van der Waals surface area contributed by atoms with E-state index in [2.05, 4.69) is 10.1 Å². The molecule has 0 saturated carbocycles. The Labute approximate surface area is 129 Å². The molecule has 0 saturated heterocycles. The van der Waals surface area contributed by atoms with Crippen LogP contribution in [0.3, 0.4) is 0 Å². The first-order valence-corrected chi connectivity index (χ1v) is 6.73. The third kappa shape index (κ3) is 11.4. The van der Waals surface area contributed by atoms with Crippen LogP contribution in [0, 0.1) is 5.82 Å². The monoisotopic (exact) mass is 315 g/mol. The van der Waals surface area contributed by atoms with Gasteiger partial charge in [-0.3, -0.25) is 14.4 Å². The summed E-state index contributed by atoms with van der Waals surface area (Å²) in [6.45, 7) is 5.31. The lowest BCUT2D eigenvalue weighted by molar-refractivity contribution is -0.140. The molecule has 1 aromatic rings. The average Bonchev–Trinajstić information content (AvgIpc) is 2.55. The number of nitrogens with one attached hydrogen (secondary N) is 1. The second-order valence-corrected chi connectivity index (χ2v) is 3.51. The summed E-state index contributed by atoms with van der Waals surface area (Å²) in [5.74, 6) is -2.26. The number of methoxy groups -OCH3 is 1. The highest BCUT2D eigenvalue weighted by atomic mass is 19.1. The van der Waals surface area contributed by atoms with Crippen molar-refractivity contribution in [3.05, 3.63) is 35.6 Å². The fraction of sp³-hybridized carbons (Fsp3) is 0.400. The van der Waals surface area contributed by atoms with Gasteiger partial charge in [0.15, 0.2) is 0 Å². The molecule has 0 aliphatic carbocycles. The summed E-state index contributed by atoms with van der Waals surface area (Å²) in [4.78, 5) is 31.2. The van der Waals surface area contributed by atoms with Gasteiger partial charge in [0, 0.05) is 12.0 Å². The van der Waals surface area contributed by atoms with Crippen LogP contribution >= 0.6 is 0 Å². The number of carboxylic acid groups (broad SMARTS) is 1. The SMILES string of the molecule is CC.CCC(=O)OC.O=C(O)CNC(=O)c1ccc(F)cc1. The van der Waals surface area contributed by atoms with Crippen LogP contribution in [0.5, 0.6) is 0 Å². The number of hydrogen-bond acceptors (Lipinski definition) is 4. The van der Waals surface area contributed by atoms with Crippen molar-refractivity contribution in [2.75, 3.05) is 13.7 Å². The number of carboxylic acids is 1. The normalized spacial score (nSPS) is 8.41. The summed E-state index contributed by atoms with van der Waals surface area (Å²) < 4.78 is 16.7. The molecule has 0 radical (unpaired) electrons. The zero-order chi connectivity index (χ0) is 17.5. The highest BCUT2D eigenvalue weighted by molar-refractivity contribution is 5.95. The molecular weight excluding hydrogens is 293 g/mol. The second-order valence-electron chi connectivity index (χ2n) is 3.51. The maximum absolute atomic E-state index is 12.4. The third-order valence-electron chi connectivity index (χ3n) is 2.02. The van der Waals surface area contributed by atoms with Crippen molar-refractivity contribution in [1.82, 2.24) is 5.32 Å². The van der Waals surface area contributed by atoms with E-state index in [-0.39, 0.29) is 11.5 Å². The summed E-state index contributed by atoms with van der Waals surface area (Å²) >= 11 is 0. The molecule has 0 atom stereocenters. The first-order chi connectivity index (χ1) is 10.4. The van der Waals surface area contributed by atoms with Crippen molar-refractivity contribution < 1.29 is 28.6 Å². The number of ether oxygens (including phenoxy) is 1. The van der Waals surface area contributed by atoms with Crippen LogP contribution in [0.4, 0.5) is 4.39 Å². The van der Waals surface area contributed by atoms with E-state index < -0.39 is 24.2 Å². The minimum absolute atomic E-state index is 0.157. The Kier molecular flexibility index (Phi) is 13.4. The number of aliphatic carboxylic acids is 1. The molecule has 0 bridgehead atoms. The first kappa shape index (κ1) is 21.9. The van der Waals surface area contributed by atoms with E-state index in [1.54, 1.807) is 6.92 Å². The van der Waals surface area contributed by atoms with E-state index >= 15 is 0 Å². The number of carbonyl (C=O) groups excluding carboxylic acids is 2. The molecule has 0 aliphatic heterocycles. The third-order valence-corrected chi connectivity index (χ3v) is 2.02. The van der Waals surface area contributed by atoms with E-state index in [9.17, 15) is 18.8 Å². The Hall–Kier alpha value is -2.44. The van der Waals surface area contributed by atoms with E-state index in [1.165, 1.54) is 19.2 Å². The van der Waals surface area contributed by atoms with Crippen LogP contribution in [0.1, 0.15) is 37.6 Å². The minimum Gasteiger partial charge on any atom is -0.480 e. The van der Waals surface area contributed by atoms with Crippen LogP contribution in [0.25, 0.3) is 0 Å². The van der Waals surface area contributed by atoms with Gasteiger partial charge in [-0.25, -0.2) is 4.39 Å². The molecule has 124 valence electrons. The molecule has 1 amide bonds. The molecule has 1 rings (SSSR count). The van der Waals surface area contributed by atoms with Gasteiger partial charge in [0.05, 0.1) is 7.11 Å². The molecule has 1 aromatic carbocycles. The quantitative estimate of drug-likeness (QED) is 0.831. The lowest BCUT2D eigenvalue weighted by atomic mass is 10.2. The largest absolute Gasteiger partial charge is 0.480 e. The van der Waals surface area contributed by atoms with E-state index in [1.807, 2.05) is 13.8 Å². The molecule has 0 aromatic heterocycles. The number of benzene rings is 1. The number of rotatable bonds is 4. The van der Waals surface area contributed by atoms with Crippen molar-refractivity contribution in [3.8, 4) is 0 Å². The highest BCUT2D eigenvalue weighted by Crippen LogP contribution is 2.01. The topological polar surface area (TPSA) is 92.7 Å². The molecule has 0 heterocycles. The minimum atomic E-state index is -1.12. The van der Waals surface area contributed by atoms with Crippen LogP contribution in [0.2, 0.25) is 0 Å². The molecule has 0 unspecified atom stereocenters. The number of amides is 1. The van der Waals surface area contributed by atoms with Crippen LogP contribution in [-0.2, 0) is 14.3 Å². The van der Waals surface area contributed by atoms with Crippen LogP contribution in [0.15, 0.2) is 24.3 Å². The molecule has 0 aliphatic rings. The van der Waals surface area contributed by atoms with Crippen molar-refractivity contribution >= 4 is 17.8 Å². The molecule has 0 spiro atoms. The molecular formula is C15H22FNO5. The smallest absolute Gasteiger partial charge is 0.322 e. The highest BCUT2D eigenvalue weighted by Gasteiger charge is 2.06. The van der Waals surface area contributed by atoms with E-state index in [0.717, 1.165) is 12.1 Å². The van der Waals surface area contributed by atoms with Crippen molar-refractivity contribution in [2.45, 2.75) is 27.2 Å².